The van der Waals surface area contributed by atoms with Crippen molar-refractivity contribution in [3.63, 3.8) is 0 Å². The van der Waals surface area contributed by atoms with E-state index in [-0.39, 0.29) is 12.4 Å². The largest absolute Gasteiger partial charge is 0.481 e. The molecule has 4 nitrogen and oxygen atoms in total. The second-order valence-corrected chi connectivity index (χ2v) is 6.10. The van der Waals surface area contributed by atoms with E-state index in [9.17, 15) is 14.7 Å². The molecule has 2 aromatic carbocycles. The van der Waals surface area contributed by atoms with Crippen molar-refractivity contribution in [1.82, 2.24) is 0 Å². The zero-order valence-electron chi connectivity index (χ0n) is 14.4. The number of esters is 1. The smallest absolute Gasteiger partial charge is 0.309 e. The summed E-state index contributed by atoms with van der Waals surface area (Å²) in [6.07, 6.45) is 1.15. The molecule has 0 saturated heterocycles. The quantitative estimate of drug-likeness (QED) is 0.706. The highest BCUT2D eigenvalue weighted by atomic mass is 16.5. The number of ether oxygens (including phenoxy) is 1. The number of hydrogen-bond donors (Lipinski definition) is 1. The van der Waals surface area contributed by atoms with Crippen molar-refractivity contribution >= 4 is 11.9 Å². The molecule has 0 amide bonds. The van der Waals surface area contributed by atoms with Crippen molar-refractivity contribution < 1.29 is 19.4 Å². The lowest BCUT2D eigenvalue weighted by molar-refractivity contribution is -0.150. The number of carbonyl (C=O) groups is 2. The third-order valence-electron chi connectivity index (χ3n) is 4.19. The van der Waals surface area contributed by atoms with E-state index < -0.39 is 17.8 Å². The van der Waals surface area contributed by atoms with E-state index in [1.165, 1.54) is 0 Å². The molecule has 1 N–H and O–H groups in total. The standard InChI is InChI=1S/C21H24O4/c1-2-25-21(24)19(14-17-11-7-4-8-12-17)15-18(20(22)23)13-16-9-5-3-6-10-16/h3-12,18-19H,2,13-15H2,1H3,(H,22,23). The van der Waals surface area contributed by atoms with Crippen molar-refractivity contribution in [2.24, 2.45) is 11.8 Å². The number of carboxylic acids is 1. The van der Waals surface area contributed by atoms with Gasteiger partial charge in [0, 0.05) is 0 Å². The molecule has 2 unspecified atom stereocenters. The second-order valence-electron chi connectivity index (χ2n) is 6.10. The molecule has 0 aliphatic heterocycles. The van der Waals surface area contributed by atoms with Gasteiger partial charge < -0.3 is 9.84 Å². The van der Waals surface area contributed by atoms with Crippen LogP contribution in [-0.2, 0) is 27.2 Å². The number of rotatable bonds is 9. The molecule has 0 fully saturated rings. The fourth-order valence-electron chi connectivity index (χ4n) is 2.94. The van der Waals surface area contributed by atoms with E-state index in [2.05, 4.69) is 0 Å². The van der Waals surface area contributed by atoms with Crippen molar-refractivity contribution in [3.8, 4) is 0 Å². The molecule has 0 spiro atoms. The molecule has 4 heteroatoms. The summed E-state index contributed by atoms with van der Waals surface area (Å²) in [6, 6.07) is 19.1. The van der Waals surface area contributed by atoms with Gasteiger partial charge >= 0.3 is 11.9 Å². The highest BCUT2D eigenvalue weighted by Gasteiger charge is 2.28. The minimum atomic E-state index is -0.883. The predicted octanol–water partition coefficient (Wildman–Crippen LogP) is 3.74. The number of hydrogen-bond acceptors (Lipinski definition) is 3. The SMILES string of the molecule is CCOC(=O)C(Cc1ccccc1)CC(Cc1ccccc1)C(=O)O. The summed E-state index contributed by atoms with van der Waals surface area (Å²) in [5, 5.41) is 9.61. The summed E-state index contributed by atoms with van der Waals surface area (Å²) in [6.45, 7) is 2.05. The van der Waals surface area contributed by atoms with E-state index >= 15 is 0 Å². The summed E-state index contributed by atoms with van der Waals surface area (Å²) in [5.74, 6) is -2.30. The van der Waals surface area contributed by atoms with Gasteiger partial charge in [0.2, 0.25) is 0 Å². The average molecular weight is 340 g/mol. The average Bonchev–Trinajstić information content (AvgIpc) is 2.62. The fourth-order valence-corrected chi connectivity index (χ4v) is 2.94. The third kappa shape index (κ3) is 6.07. The molecule has 2 rings (SSSR count). The molecular weight excluding hydrogens is 316 g/mol. The first-order valence-electron chi connectivity index (χ1n) is 8.57. The van der Waals surface area contributed by atoms with Gasteiger partial charge in [0.1, 0.15) is 0 Å². The van der Waals surface area contributed by atoms with Crippen LogP contribution in [0.2, 0.25) is 0 Å². The molecule has 0 aliphatic carbocycles. The first-order valence-corrected chi connectivity index (χ1v) is 8.57. The van der Waals surface area contributed by atoms with E-state index in [1.54, 1.807) is 6.92 Å². The Bertz CT molecular complexity index is 667. The molecule has 0 saturated carbocycles. The van der Waals surface area contributed by atoms with Gasteiger partial charge in [-0.2, -0.15) is 0 Å². The van der Waals surface area contributed by atoms with Gasteiger partial charge in [-0.05, 0) is 37.3 Å². The Morgan fingerprint density at radius 3 is 1.80 bits per heavy atom. The van der Waals surface area contributed by atoms with Gasteiger partial charge in [-0.3, -0.25) is 9.59 Å². The van der Waals surface area contributed by atoms with Crippen LogP contribution >= 0.6 is 0 Å². The maximum atomic E-state index is 12.3. The van der Waals surface area contributed by atoms with E-state index in [1.807, 2.05) is 60.7 Å². The van der Waals surface area contributed by atoms with Crippen LogP contribution in [0.3, 0.4) is 0 Å². The van der Waals surface area contributed by atoms with E-state index in [0.717, 1.165) is 11.1 Å². The molecule has 132 valence electrons. The van der Waals surface area contributed by atoms with Crippen LogP contribution in [-0.4, -0.2) is 23.7 Å². The Morgan fingerprint density at radius 2 is 1.36 bits per heavy atom. The Balaban J connectivity index is 2.13. The second kappa shape index (κ2) is 9.62. The maximum absolute atomic E-state index is 12.3. The van der Waals surface area contributed by atoms with Crippen LogP contribution in [0.1, 0.15) is 24.5 Å². The molecular formula is C21H24O4. The summed E-state index contributed by atoms with van der Waals surface area (Å²) >= 11 is 0. The van der Waals surface area contributed by atoms with Gasteiger partial charge in [0.05, 0.1) is 18.4 Å². The Hall–Kier alpha value is -2.62. The van der Waals surface area contributed by atoms with Gasteiger partial charge in [0.15, 0.2) is 0 Å². The first-order chi connectivity index (χ1) is 12.1. The summed E-state index contributed by atoms with van der Waals surface area (Å²) in [5.41, 5.74) is 1.96. The summed E-state index contributed by atoms with van der Waals surface area (Å²) in [4.78, 5) is 24.1. The summed E-state index contributed by atoms with van der Waals surface area (Å²) < 4.78 is 5.18. The zero-order valence-corrected chi connectivity index (χ0v) is 14.4. The van der Waals surface area contributed by atoms with Gasteiger partial charge in [-0.25, -0.2) is 0 Å². The highest BCUT2D eigenvalue weighted by Crippen LogP contribution is 2.23. The molecule has 0 radical (unpaired) electrons. The summed E-state index contributed by atoms with van der Waals surface area (Å²) in [7, 11) is 0. The molecule has 0 aromatic heterocycles. The highest BCUT2D eigenvalue weighted by molar-refractivity contribution is 5.75. The number of carbonyl (C=O) groups excluding carboxylic acids is 1. The van der Waals surface area contributed by atoms with Crippen LogP contribution < -0.4 is 0 Å². The Kier molecular flexibility index (Phi) is 7.20. The fraction of sp³-hybridized carbons (Fsp3) is 0.333. The molecule has 0 bridgehead atoms. The van der Waals surface area contributed by atoms with Crippen LogP contribution in [0, 0.1) is 11.8 Å². The molecule has 0 aliphatic rings. The minimum Gasteiger partial charge on any atom is -0.481 e. The number of benzene rings is 2. The lowest BCUT2D eigenvalue weighted by Crippen LogP contribution is -2.27. The third-order valence-corrected chi connectivity index (χ3v) is 4.19. The van der Waals surface area contributed by atoms with Gasteiger partial charge in [0.25, 0.3) is 0 Å². The Labute approximate surface area is 148 Å². The van der Waals surface area contributed by atoms with Crippen LogP contribution in [0.5, 0.6) is 0 Å². The van der Waals surface area contributed by atoms with Crippen molar-refractivity contribution in [3.05, 3.63) is 71.8 Å². The Morgan fingerprint density at radius 1 is 0.880 bits per heavy atom. The minimum absolute atomic E-state index is 0.262. The van der Waals surface area contributed by atoms with Crippen LogP contribution in [0.4, 0.5) is 0 Å². The van der Waals surface area contributed by atoms with Crippen molar-refractivity contribution in [1.29, 1.82) is 0 Å². The molecule has 2 aromatic rings. The topological polar surface area (TPSA) is 63.6 Å². The van der Waals surface area contributed by atoms with Crippen molar-refractivity contribution in [2.75, 3.05) is 6.61 Å². The lowest BCUT2D eigenvalue weighted by atomic mass is 9.86. The van der Waals surface area contributed by atoms with E-state index in [0.29, 0.717) is 19.4 Å². The predicted molar refractivity (Wildman–Crippen MR) is 96.2 cm³/mol. The zero-order chi connectivity index (χ0) is 18.1. The van der Waals surface area contributed by atoms with Gasteiger partial charge in [-0.15, -0.1) is 0 Å². The normalized spacial score (nSPS) is 13.0. The molecule has 0 heterocycles. The van der Waals surface area contributed by atoms with Gasteiger partial charge in [-0.1, -0.05) is 60.7 Å². The monoisotopic (exact) mass is 340 g/mol. The van der Waals surface area contributed by atoms with Crippen LogP contribution in [0.15, 0.2) is 60.7 Å². The molecule has 2 atom stereocenters. The molecule has 25 heavy (non-hydrogen) atoms. The van der Waals surface area contributed by atoms with Crippen LogP contribution in [0.25, 0.3) is 0 Å². The number of carboxylic acid groups (broad SMARTS) is 1. The van der Waals surface area contributed by atoms with E-state index in [4.69, 9.17) is 4.74 Å². The van der Waals surface area contributed by atoms with Crippen molar-refractivity contribution in [2.45, 2.75) is 26.2 Å². The maximum Gasteiger partial charge on any atom is 0.309 e. The number of aliphatic carboxylic acids is 1. The lowest BCUT2D eigenvalue weighted by Gasteiger charge is -2.20. The first kappa shape index (κ1) is 18.7.